The van der Waals surface area contributed by atoms with Gasteiger partial charge in [0.15, 0.2) is 10.9 Å². The summed E-state index contributed by atoms with van der Waals surface area (Å²) >= 11 is 5.21. The van der Waals surface area contributed by atoms with Crippen molar-refractivity contribution in [1.29, 1.82) is 0 Å². The van der Waals surface area contributed by atoms with E-state index in [0.29, 0.717) is 5.11 Å². The number of nitrogens with one attached hydrogen (secondary N) is 1. The quantitative estimate of drug-likeness (QED) is 0.744. The fourth-order valence-electron chi connectivity index (χ4n) is 1.91. The van der Waals surface area contributed by atoms with Gasteiger partial charge in [0.2, 0.25) is 0 Å². The van der Waals surface area contributed by atoms with E-state index in [-0.39, 0.29) is 11.8 Å². The van der Waals surface area contributed by atoms with Crippen LogP contribution in [0.25, 0.3) is 0 Å². The molecule has 4 heteroatoms. The second-order valence-corrected chi connectivity index (χ2v) is 4.29. The van der Waals surface area contributed by atoms with Gasteiger partial charge in [-0.2, -0.15) is 0 Å². The Morgan fingerprint density at radius 1 is 1.60 bits per heavy atom. The van der Waals surface area contributed by atoms with Crippen LogP contribution in [0, 0.1) is 0 Å². The third kappa shape index (κ3) is 2.37. The Bertz CT molecular complexity index is 323. The minimum absolute atomic E-state index is 0.0937. The fourth-order valence-corrected chi connectivity index (χ4v) is 2.19. The molecule has 0 aromatic carbocycles. The first-order valence-electron chi connectivity index (χ1n) is 5.25. The predicted octanol–water partition coefficient (Wildman–Crippen LogP) is 1.84. The maximum absolute atomic E-state index is 11.6. The molecule has 1 atom stereocenters. The SMILES string of the molecule is CCC[C@H]1NC(=S)N(C)C(C)=C1C(C)=O. The lowest BCUT2D eigenvalue weighted by Gasteiger charge is -2.35. The van der Waals surface area contributed by atoms with Gasteiger partial charge in [-0.15, -0.1) is 0 Å². The highest BCUT2D eigenvalue weighted by Crippen LogP contribution is 2.21. The van der Waals surface area contributed by atoms with Crippen molar-refractivity contribution in [2.45, 2.75) is 39.7 Å². The number of hydrogen-bond donors (Lipinski definition) is 1. The molecule has 0 aromatic heterocycles. The van der Waals surface area contributed by atoms with Crippen molar-refractivity contribution in [1.82, 2.24) is 10.2 Å². The topological polar surface area (TPSA) is 32.3 Å². The molecule has 0 aliphatic carbocycles. The van der Waals surface area contributed by atoms with Gasteiger partial charge >= 0.3 is 0 Å². The minimum atomic E-state index is 0.0937. The lowest BCUT2D eigenvalue weighted by atomic mass is 9.95. The van der Waals surface area contributed by atoms with Crippen molar-refractivity contribution in [3.63, 3.8) is 0 Å². The average molecular weight is 226 g/mol. The number of carbonyl (C=O) groups is 1. The Balaban J connectivity index is 3.08. The lowest BCUT2D eigenvalue weighted by molar-refractivity contribution is -0.114. The summed E-state index contributed by atoms with van der Waals surface area (Å²) in [6.07, 6.45) is 1.98. The molecule has 0 fully saturated rings. The monoisotopic (exact) mass is 226 g/mol. The van der Waals surface area contributed by atoms with Crippen LogP contribution in [0.1, 0.15) is 33.6 Å². The van der Waals surface area contributed by atoms with Crippen molar-refractivity contribution in [2.75, 3.05) is 7.05 Å². The molecule has 1 N–H and O–H groups in total. The minimum Gasteiger partial charge on any atom is -0.355 e. The zero-order valence-electron chi connectivity index (χ0n) is 9.76. The highest BCUT2D eigenvalue weighted by molar-refractivity contribution is 7.80. The number of Topliss-reactive ketones (excluding diaryl/α,β-unsaturated/α-hetero) is 1. The molecular formula is C11H18N2OS. The third-order valence-electron chi connectivity index (χ3n) is 2.80. The van der Waals surface area contributed by atoms with Gasteiger partial charge in [0.05, 0.1) is 6.04 Å². The maximum Gasteiger partial charge on any atom is 0.173 e. The Morgan fingerprint density at radius 3 is 2.67 bits per heavy atom. The van der Waals surface area contributed by atoms with Crippen LogP contribution in [0.4, 0.5) is 0 Å². The fraction of sp³-hybridized carbons (Fsp3) is 0.636. The largest absolute Gasteiger partial charge is 0.355 e. The highest BCUT2D eigenvalue weighted by Gasteiger charge is 2.28. The first-order chi connectivity index (χ1) is 6.99. The van der Waals surface area contributed by atoms with E-state index in [4.69, 9.17) is 12.2 Å². The van der Waals surface area contributed by atoms with Gasteiger partial charge in [0.25, 0.3) is 0 Å². The van der Waals surface area contributed by atoms with Gasteiger partial charge < -0.3 is 10.2 Å². The standard InChI is InChI=1S/C11H18N2OS/c1-5-6-9-10(8(3)14)7(2)13(4)11(15)12-9/h9H,5-6H2,1-4H3,(H,12,15)/t9-/m1/s1. The number of rotatable bonds is 3. The van der Waals surface area contributed by atoms with Crippen molar-refractivity contribution in [3.8, 4) is 0 Å². The van der Waals surface area contributed by atoms with Crippen molar-refractivity contribution in [2.24, 2.45) is 0 Å². The molecule has 0 radical (unpaired) electrons. The average Bonchev–Trinajstić information content (AvgIpc) is 2.14. The smallest absolute Gasteiger partial charge is 0.173 e. The number of hydrogen-bond acceptors (Lipinski definition) is 2. The van der Waals surface area contributed by atoms with Gasteiger partial charge in [0.1, 0.15) is 0 Å². The third-order valence-corrected chi connectivity index (χ3v) is 3.19. The van der Waals surface area contributed by atoms with E-state index in [1.54, 1.807) is 6.92 Å². The van der Waals surface area contributed by atoms with Gasteiger partial charge in [-0.05, 0) is 32.5 Å². The zero-order chi connectivity index (χ0) is 11.6. The summed E-state index contributed by atoms with van der Waals surface area (Å²) in [5.74, 6) is 0.132. The Morgan fingerprint density at radius 2 is 2.20 bits per heavy atom. The van der Waals surface area contributed by atoms with Gasteiger partial charge in [0, 0.05) is 18.3 Å². The Kier molecular flexibility index (Phi) is 3.85. The summed E-state index contributed by atoms with van der Waals surface area (Å²) in [5, 5.41) is 3.91. The van der Waals surface area contributed by atoms with Crippen LogP contribution in [0.5, 0.6) is 0 Å². The molecule has 84 valence electrons. The summed E-state index contributed by atoms with van der Waals surface area (Å²) in [6, 6.07) is 0.0937. The van der Waals surface area contributed by atoms with E-state index in [1.807, 2.05) is 18.9 Å². The van der Waals surface area contributed by atoms with E-state index in [0.717, 1.165) is 24.1 Å². The predicted molar refractivity (Wildman–Crippen MR) is 65.6 cm³/mol. The molecule has 0 spiro atoms. The molecule has 1 rings (SSSR count). The highest BCUT2D eigenvalue weighted by atomic mass is 32.1. The Labute approximate surface area is 96.5 Å². The van der Waals surface area contributed by atoms with Crippen LogP contribution in [-0.2, 0) is 4.79 Å². The van der Waals surface area contributed by atoms with Crippen molar-refractivity contribution in [3.05, 3.63) is 11.3 Å². The summed E-state index contributed by atoms with van der Waals surface area (Å²) in [5.41, 5.74) is 1.85. The molecule has 0 saturated carbocycles. The summed E-state index contributed by atoms with van der Waals surface area (Å²) in [4.78, 5) is 13.4. The number of thiocarbonyl (C=S) groups is 1. The van der Waals surface area contributed by atoms with Crippen LogP contribution in [0.3, 0.4) is 0 Å². The second-order valence-electron chi connectivity index (χ2n) is 3.91. The van der Waals surface area contributed by atoms with Crippen LogP contribution < -0.4 is 5.32 Å². The first kappa shape index (κ1) is 12.2. The molecule has 0 bridgehead atoms. The van der Waals surface area contributed by atoms with Crippen LogP contribution in [0.15, 0.2) is 11.3 Å². The zero-order valence-corrected chi connectivity index (χ0v) is 10.6. The van der Waals surface area contributed by atoms with E-state index in [1.165, 1.54) is 0 Å². The summed E-state index contributed by atoms with van der Waals surface area (Å²) < 4.78 is 0. The number of nitrogens with zero attached hydrogens (tertiary/aromatic N) is 1. The van der Waals surface area contributed by atoms with Crippen LogP contribution >= 0.6 is 12.2 Å². The normalized spacial score (nSPS) is 21.7. The van der Waals surface area contributed by atoms with E-state index in [9.17, 15) is 4.79 Å². The molecule has 1 aliphatic rings. The molecule has 1 aliphatic heterocycles. The molecule has 3 nitrogen and oxygen atoms in total. The van der Waals surface area contributed by atoms with Crippen molar-refractivity contribution < 1.29 is 4.79 Å². The van der Waals surface area contributed by atoms with Crippen molar-refractivity contribution >= 4 is 23.1 Å². The van der Waals surface area contributed by atoms with E-state index < -0.39 is 0 Å². The first-order valence-corrected chi connectivity index (χ1v) is 5.65. The molecule has 0 aromatic rings. The van der Waals surface area contributed by atoms with Crippen LogP contribution in [-0.4, -0.2) is 28.9 Å². The van der Waals surface area contributed by atoms with E-state index in [2.05, 4.69) is 12.2 Å². The molecule has 0 amide bonds. The van der Waals surface area contributed by atoms with Gasteiger partial charge in [-0.25, -0.2) is 0 Å². The number of carbonyl (C=O) groups excluding carboxylic acids is 1. The Hall–Kier alpha value is -0.900. The van der Waals surface area contributed by atoms with E-state index >= 15 is 0 Å². The van der Waals surface area contributed by atoms with Crippen LogP contribution in [0.2, 0.25) is 0 Å². The maximum atomic E-state index is 11.6. The number of ketones is 1. The van der Waals surface area contributed by atoms with Gasteiger partial charge in [-0.1, -0.05) is 13.3 Å². The molecule has 0 saturated heterocycles. The summed E-state index contributed by atoms with van der Waals surface area (Å²) in [7, 11) is 1.88. The van der Waals surface area contributed by atoms with Gasteiger partial charge in [-0.3, -0.25) is 4.79 Å². The molecule has 1 heterocycles. The number of allylic oxidation sites excluding steroid dienone is 1. The summed E-state index contributed by atoms with van der Waals surface area (Å²) in [6.45, 7) is 5.67. The molecular weight excluding hydrogens is 208 g/mol. The molecule has 15 heavy (non-hydrogen) atoms. The lowest BCUT2D eigenvalue weighted by Crippen LogP contribution is -2.49. The second kappa shape index (κ2) is 4.75. The molecule has 0 unspecified atom stereocenters.